The molecule has 0 aliphatic rings. The Morgan fingerprint density at radius 2 is 1.43 bits per heavy atom. The number of ether oxygens (including phenoxy) is 1. The second-order valence-corrected chi connectivity index (χ2v) is 11.9. The first kappa shape index (κ1) is 34.9. The molecule has 0 spiro atoms. The summed E-state index contributed by atoms with van der Waals surface area (Å²) in [4.78, 5) is 43.3. The predicted molar refractivity (Wildman–Crippen MR) is 178 cm³/mol. The third-order valence-electron chi connectivity index (χ3n) is 7.60. The minimum atomic E-state index is -1.35. The van der Waals surface area contributed by atoms with Crippen molar-refractivity contribution in [3.63, 3.8) is 0 Å². The van der Waals surface area contributed by atoms with Gasteiger partial charge in [-0.05, 0) is 54.7 Å². The third kappa shape index (κ3) is 11.7. The van der Waals surface area contributed by atoms with Gasteiger partial charge in [0.1, 0.15) is 18.9 Å². The molecule has 3 unspecified atom stereocenters. The lowest BCUT2D eigenvalue weighted by Crippen LogP contribution is -2.51. The number of aromatic nitrogens is 1. The van der Waals surface area contributed by atoms with E-state index in [0.29, 0.717) is 25.8 Å². The van der Waals surface area contributed by atoms with Gasteiger partial charge in [0.05, 0.1) is 6.04 Å². The lowest BCUT2D eigenvalue weighted by atomic mass is 9.99. The molecule has 0 aliphatic carbocycles. The normalized spacial score (nSPS) is 12.9. The number of hydrogen-bond donors (Lipinski definition) is 4. The highest BCUT2D eigenvalue weighted by Crippen LogP contribution is 2.21. The molecule has 0 radical (unpaired) electrons. The van der Waals surface area contributed by atoms with Gasteiger partial charge in [-0.1, -0.05) is 105 Å². The summed E-state index contributed by atoms with van der Waals surface area (Å²) >= 11 is 0. The lowest BCUT2D eigenvalue weighted by Gasteiger charge is -2.26. The number of oxazole rings is 1. The van der Waals surface area contributed by atoms with E-state index in [1.54, 1.807) is 0 Å². The van der Waals surface area contributed by atoms with Crippen LogP contribution >= 0.6 is 0 Å². The summed E-state index contributed by atoms with van der Waals surface area (Å²) in [5, 5.41) is 19.8. The minimum Gasteiger partial charge on any atom is -0.445 e. The fraction of sp³-hybridized carbons (Fsp3) is 0.351. The van der Waals surface area contributed by atoms with Gasteiger partial charge in [-0.15, -0.1) is 0 Å². The Bertz CT molecular complexity index is 1530. The van der Waals surface area contributed by atoms with E-state index in [4.69, 9.17) is 9.15 Å². The topological polar surface area (TPSA) is 143 Å². The van der Waals surface area contributed by atoms with Gasteiger partial charge in [0.2, 0.25) is 11.8 Å². The zero-order valence-electron chi connectivity index (χ0n) is 26.9. The second-order valence-electron chi connectivity index (χ2n) is 11.9. The zero-order chi connectivity index (χ0) is 33.4. The van der Waals surface area contributed by atoms with Crippen LogP contribution in [-0.2, 0) is 29.0 Å². The first-order valence-electron chi connectivity index (χ1n) is 16.1. The molecule has 3 amide bonds. The van der Waals surface area contributed by atoms with Crippen LogP contribution in [0.3, 0.4) is 0 Å². The van der Waals surface area contributed by atoms with Crippen molar-refractivity contribution in [2.75, 3.05) is 6.54 Å². The molecule has 1 heterocycles. The van der Waals surface area contributed by atoms with E-state index in [1.165, 1.54) is 11.8 Å². The van der Waals surface area contributed by atoms with Crippen molar-refractivity contribution in [2.45, 2.75) is 70.7 Å². The number of carbonyl (C=O) groups is 3. The zero-order valence-corrected chi connectivity index (χ0v) is 26.9. The Hall–Kier alpha value is -4.96. The number of nitrogens with zero attached hydrogens (tertiary/aromatic N) is 1. The predicted octanol–water partition coefficient (Wildman–Crippen LogP) is 5.53. The summed E-state index contributed by atoms with van der Waals surface area (Å²) in [6.07, 6.45) is 1.93. The first-order chi connectivity index (χ1) is 22.8. The van der Waals surface area contributed by atoms with Crippen molar-refractivity contribution in [1.29, 1.82) is 0 Å². The number of rotatable bonds is 17. The summed E-state index contributed by atoms with van der Waals surface area (Å²) in [6, 6.07) is 27.2. The number of benzene rings is 3. The highest BCUT2D eigenvalue weighted by molar-refractivity contribution is 5.91. The maximum absolute atomic E-state index is 13.6. The van der Waals surface area contributed by atoms with Crippen LogP contribution in [-0.4, -0.2) is 46.6 Å². The average molecular weight is 641 g/mol. The quantitative estimate of drug-likeness (QED) is 0.111. The second kappa shape index (κ2) is 18.3. The molecule has 3 aromatic carbocycles. The number of nitrogens with one attached hydrogen (secondary N) is 3. The number of aryl methyl sites for hydroxylation is 2. The van der Waals surface area contributed by atoms with E-state index in [1.807, 2.05) is 105 Å². The summed E-state index contributed by atoms with van der Waals surface area (Å²) in [7, 11) is 0. The van der Waals surface area contributed by atoms with Gasteiger partial charge in [0.15, 0.2) is 11.8 Å². The standard InChI is InChI=1S/C37H44N4O6/c1-26(2)23-31(41-37(45)47-24-29-17-10-5-11-18-29)35(44)39-30(21-20-28-15-8-4-9-16-28)33(42)36-40-32(25-46-36)34(43)38-22-12-19-27-13-6-3-7-14-27/h3-11,13-18,25-26,30-31,33,42H,12,19-24H2,1-2H3,(H,38,43)(H,39,44)(H,41,45). The molecule has 47 heavy (non-hydrogen) atoms. The highest BCUT2D eigenvalue weighted by Gasteiger charge is 2.31. The number of amides is 3. The molecule has 0 saturated carbocycles. The molecule has 0 aliphatic heterocycles. The van der Waals surface area contributed by atoms with Crippen molar-refractivity contribution in [3.8, 4) is 0 Å². The number of hydrogen-bond acceptors (Lipinski definition) is 7. The van der Waals surface area contributed by atoms with Crippen molar-refractivity contribution in [3.05, 3.63) is 126 Å². The van der Waals surface area contributed by atoms with Crippen LogP contribution in [0.5, 0.6) is 0 Å². The van der Waals surface area contributed by atoms with Gasteiger partial charge in [0.25, 0.3) is 5.91 Å². The van der Waals surface area contributed by atoms with E-state index < -0.39 is 36.1 Å². The molecular weight excluding hydrogens is 596 g/mol. The molecule has 4 aromatic rings. The summed E-state index contributed by atoms with van der Waals surface area (Å²) in [5.41, 5.74) is 3.06. The minimum absolute atomic E-state index is 0.0346. The molecule has 10 nitrogen and oxygen atoms in total. The first-order valence-corrected chi connectivity index (χ1v) is 16.1. The largest absolute Gasteiger partial charge is 0.445 e. The van der Waals surface area contributed by atoms with Crippen LogP contribution in [0, 0.1) is 5.92 Å². The Kier molecular flexibility index (Phi) is 13.6. The van der Waals surface area contributed by atoms with Crippen LogP contribution < -0.4 is 16.0 Å². The van der Waals surface area contributed by atoms with E-state index in [2.05, 4.69) is 20.9 Å². The molecule has 4 N–H and O–H groups in total. The van der Waals surface area contributed by atoms with E-state index in [0.717, 1.165) is 24.0 Å². The summed E-state index contributed by atoms with van der Waals surface area (Å²) in [5.74, 6) is -0.905. The Balaban J connectivity index is 1.40. The van der Waals surface area contributed by atoms with E-state index in [-0.39, 0.29) is 24.1 Å². The molecule has 0 fully saturated rings. The molecule has 1 aromatic heterocycles. The molecule has 3 atom stereocenters. The third-order valence-corrected chi connectivity index (χ3v) is 7.60. The van der Waals surface area contributed by atoms with E-state index >= 15 is 0 Å². The molecular formula is C37H44N4O6. The number of aliphatic hydroxyl groups is 1. The van der Waals surface area contributed by atoms with Crippen LogP contribution in [0.4, 0.5) is 4.79 Å². The average Bonchev–Trinajstić information content (AvgIpc) is 3.59. The van der Waals surface area contributed by atoms with Gasteiger partial charge in [0, 0.05) is 6.54 Å². The lowest BCUT2D eigenvalue weighted by molar-refractivity contribution is -0.125. The fourth-order valence-electron chi connectivity index (χ4n) is 5.10. The van der Waals surface area contributed by atoms with Crippen LogP contribution in [0.25, 0.3) is 0 Å². The summed E-state index contributed by atoms with van der Waals surface area (Å²) < 4.78 is 10.9. The Morgan fingerprint density at radius 1 is 0.830 bits per heavy atom. The number of carbonyl (C=O) groups excluding carboxylic acids is 3. The molecule has 248 valence electrons. The maximum Gasteiger partial charge on any atom is 0.408 e. The van der Waals surface area contributed by atoms with Crippen molar-refractivity contribution < 1.29 is 28.6 Å². The molecule has 4 rings (SSSR count). The highest BCUT2D eigenvalue weighted by atomic mass is 16.5. The smallest absolute Gasteiger partial charge is 0.408 e. The van der Waals surface area contributed by atoms with Gasteiger partial charge in [-0.2, -0.15) is 0 Å². The van der Waals surface area contributed by atoms with Gasteiger partial charge in [-0.25, -0.2) is 9.78 Å². The van der Waals surface area contributed by atoms with Crippen molar-refractivity contribution in [2.24, 2.45) is 5.92 Å². The molecule has 0 bridgehead atoms. The van der Waals surface area contributed by atoms with Gasteiger partial charge < -0.3 is 30.2 Å². The van der Waals surface area contributed by atoms with Crippen LogP contribution in [0.2, 0.25) is 0 Å². The van der Waals surface area contributed by atoms with Gasteiger partial charge in [-0.3, -0.25) is 9.59 Å². The molecule has 0 saturated heterocycles. The Morgan fingerprint density at radius 3 is 2.04 bits per heavy atom. The molecule has 10 heteroatoms. The monoisotopic (exact) mass is 640 g/mol. The SMILES string of the molecule is CC(C)CC(NC(=O)OCc1ccccc1)C(=O)NC(CCc1ccccc1)C(O)c1nc(C(=O)NCCCc2ccccc2)co1. The van der Waals surface area contributed by atoms with Crippen molar-refractivity contribution >= 4 is 17.9 Å². The van der Waals surface area contributed by atoms with Crippen LogP contribution in [0.1, 0.15) is 72.3 Å². The van der Waals surface area contributed by atoms with Crippen molar-refractivity contribution in [1.82, 2.24) is 20.9 Å². The Labute approximate surface area is 275 Å². The summed E-state index contributed by atoms with van der Waals surface area (Å²) in [6.45, 7) is 4.40. The number of aliphatic hydroxyl groups excluding tert-OH is 1. The number of alkyl carbamates (subject to hydrolysis) is 1. The maximum atomic E-state index is 13.6. The van der Waals surface area contributed by atoms with E-state index in [9.17, 15) is 19.5 Å². The van der Waals surface area contributed by atoms with Gasteiger partial charge >= 0.3 is 6.09 Å². The van der Waals surface area contributed by atoms with Crippen LogP contribution in [0.15, 0.2) is 102 Å². The fourth-order valence-corrected chi connectivity index (χ4v) is 5.10.